The van der Waals surface area contributed by atoms with Gasteiger partial charge in [-0.25, -0.2) is 0 Å². The van der Waals surface area contributed by atoms with Gasteiger partial charge in [0.25, 0.3) is 0 Å². The Morgan fingerprint density at radius 2 is 2.20 bits per heavy atom. The molecule has 1 aliphatic rings. The number of likely N-dealkylation sites (N-methyl/N-ethyl adjacent to an activating group) is 1. The van der Waals surface area contributed by atoms with E-state index in [9.17, 15) is 0 Å². The van der Waals surface area contributed by atoms with Crippen LogP contribution in [0.3, 0.4) is 0 Å². The Hall–Kier alpha value is -1.20. The molecule has 0 spiro atoms. The molecule has 1 heterocycles. The zero-order chi connectivity index (χ0) is 14.7. The van der Waals surface area contributed by atoms with Gasteiger partial charge in [-0.15, -0.1) is 0 Å². The van der Waals surface area contributed by atoms with E-state index in [0.29, 0.717) is 4.99 Å². The number of hydrogen-bond acceptors (Lipinski definition) is 4. The molecular formula is C15H24N4S. The number of nitrogens with two attached hydrogens (primary N) is 1. The van der Waals surface area contributed by atoms with Gasteiger partial charge in [0.1, 0.15) is 4.99 Å². The number of thiocarbonyl (C=S) groups is 1. The molecule has 110 valence electrons. The van der Waals surface area contributed by atoms with Gasteiger partial charge in [0.2, 0.25) is 0 Å². The first-order valence-electron chi connectivity index (χ1n) is 7.29. The standard InChI is InChI=1S/C15H24N4S/c1-4-19(12-5-6-12)8-7-17-13-9-10(2)18-11(3)14(13)15(16)20/h9,12H,4-8H2,1-3H3,(H2,16,20)(H,17,18). The molecule has 0 unspecified atom stereocenters. The summed E-state index contributed by atoms with van der Waals surface area (Å²) in [6.45, 7) is 9.24. The molecule has 3 N–H and O–H groups in total. The van der Waals surface area contributed by atoms with Gasteiger partial charge in [-0.05, 0) is 39.3 Å². The van der Waals surface area contributed by atoms with E-state index in [-0.39, 0.29) is 0 Å². The van der Waals surface area contributed by atoms with Crippen LogP contribution in [0.5, 0.6) is 0 Å². The predicted octanol–water partition coefficient (Wildman–Crippen LogP) is 2.23. The third-order valence-electron chi connectivity index (χ3n) is 3.76. The molecular weight excluding hydrogens is 268 g/mol. The Morgan fingerprint density at radius 3 is 2.75 bits per heavy atom. The molecule has 0 bridgehead atoms. The Balaban J connectivity index is 2.02. The molecule has 0 saturated heterocycles. The summed E-state index contributed by atoms with van der Waals surface area (Å²) in [5.41, 5.74) is 9.59. The molecule has 1 aliphatic carbocycles. The maximum Gasteiger partial charge on any atom is 0.107 e. The fourth-order valence-electron chi connectivity index (χ4n) is 2.65. The third-order valence-corrected chi connectivity index (χ3v) is 3.96. The first-order chi connectivity index (χ1) is 9.52. The monoisotopic (exact) mass is 292 g/mol. The zero-order valence-corrected chi connectivity index (χ0v) is 13.4. The van der Waals surface area contributed by atoms with Crippen LogP contribution in [0.2, 0.25) is 0 Å². The number of nitrogens with zero attached hydrogens (tertiary/aromatic N) is 2. The highest BCUT2D eigenvalue weighted by atomic mass is 32.1. The third kappa shape index (κ3) is 3.67. The predicted molar refractivity (Wildman–Crippen MR) is 88.4 cm³/mol. The molecule has 2 rings (SSSR count). The van der Waals surface area contributed by atoms with E-state index in [1.54, 1.807) is 0 Å². The van der Waals surface area contributed by atoms with Crippen LogP contribution in [-0.4, -0.2) is 40.5 Å². The maximum atomic E-state index is 5.82. The van der Waals surface area contributed by atoms with Crippen LogP contribution < -0.4 is 11.1 Å². The summed E-state index contributed by atoms with van der Waals surface area (Å²) in [5.74, 6) is 0. The van der Waals surface area contributed by atoms with Crippen molar-refractivity contribution >= 4 is 22.9 Å². The van der Waals surface area contributed by atoms with E-state index in [4.69, 9.17) is 18.0 Å². The summed E-state index contributed by atoms with van der Waals surface area (Å²) in [6.07, 6.45) is 2.69. The van der Waals surface area contributed by atoms with E-state index >= 15 is 0 Å². The van der Waals surface area contributed by atoms with Crippen LogP contribution >= 0.6 is 12.2 Å². The molecule has 0 radical (unpaired) electrons. The molecule has 1 saturated carbocycles. The molecule has 0 aliphatic heterocycles. The summed E-state index contributed by atoms with van der Waals surface area (Å²) >= 11 is 5.14. The van der Waals surface area contributed by atoms with E-state index in [0.717, 1.165) is 48.3 Å². The topological polar surface area (TPSA) is 54.2 Å². The Labute approximate surface area is 126 Å². The van der Waals surface area contributed by atoms with Gasteiger partial charge < -0.3 is 11.1 Å². The molecule has 0 aromatic carbocycles. The van der Waals surface area contributed by atoms with E-state index in [1.807, 2.05) is 19.9 Å². The minimum absolute atomic E-state index is 0.409. The van der Waals surface area contributed by atoms with Crippen LogP contribution in [0.4, 0.5) is 5.69 Å². The fourth-order valence-corrected chi connectivity index (χ4v) is 2.91. The second kappa shape index (κ2) is 6.50. The van der Waals surface area contributed by atoms with Crippen molar-refractivity contribution in [2.24, 2.45) is 5.73 Å². The van der Waals surface area contributed by atoms with Crippen LogP contribution in [0.15, 0.2) is 6.07 Å². The molecule has 1 fully saturated rings. The molecule has 1 aromatic rings. The second-order valence-electron chi connectivity index (χ2n) is 5.42. The van der Waals surface area contributed by atoms with Crippen molar-refractivity contribution in [1.82, 2.24) is 9.88 Å². The van der Waals surface area contributed by atoms with Gasteiger partial charge in [0, 0.05) is 36.2 Å². The van der Waals surface area contributed by atoms with Crippen molar-refractivity contribution < 1.29 is 0 Å². The Bertz CT molecular complexity index is 497. The first-order valence-corrected chi connectivity index (χ1v) is 7.69. The van der Waals surface area contributed by atoms with Crippen molar-refractivity contribution in [1.29, 1.82) is 0 Å². The number of rotatable bonds is 7. The molecule has 20 heavy (non-hydrogen) atoms. The normalized spacial score (nSPS) is 14.6. The lowest BCUT2D eigenvalue weighted by Gasteiger charge is -2.21. The number of anilines is 1. The molecule has 1 aromatic heterocycles. The van der Waals surface area contributed by atoms with Crippen molar-refractivity contribution in [2.45, 2.75) is 39.7 Å². The lowest BCUT2D eigenvalue weighted by molar-refractivity contribution is 0.289. The molecule has 5 heteroatoms. The highest BCUT2D eigenvalue weighted by Crippen LogP contribution is 2.26. The Morgan fingerprint density at radius 1 is 1.50 bits per heavy atom. The summed E-state index contributed by atoms with van der Waals surface area (Å²) in [7, 11) is 0. The molecule has 4 nitrogen and oxygen atoms in total. The van der Waals surface area contributed by atoms with Gasteiger partial charge in [-0.3, -0.25) is 9.88 Å². The highest BCUT2D eigenvalue weighted by molar-refractivity contribution is 7.80. The number of hydrogen-bond donors (Lipinski definition) is 2. The smallest absolute Gasteiger partial charge is 0.107 e. The average Bonchev–Trinajstić information content (AvgIpc) is 3.17. The second-order valence-corrected chi connectivity index (χ2v) is 5.86. The number of aryl methyl sites for hydroxylation is 2. The lowest BCUT2D eigenvalue weighted by atomic mass is 10.1. The van der Waals surface area contributed by atoms with E-state index in [2.05, 4.69) is 22.1 Å². The van der Waals surface area contributed by atoms with E-state index < -0.39 is 0 Å². The van der Waals surface area contributed by atoms with Crippen LogP contribution in [0.25, 0.3) is 0 Å². The van der Waals surface area contributed by atoms with Crippen LogP contribution in [0.1, 0.15) is 36.7 Å². The van der Waals surface area contributed by atoms with Gasteiger partial charge in [0.05, 0.1) is 5.56 Å². The lowest BCUT2D eigenvalue weighted by Crippen LogP contribution is -2.31. The molecule has 0 amide bonds. The maximum absolute atomic E-state index is 5.82. The van der Waals surface area contributed by atoms with Crippen molar-refractivity contribution in [3.63, 3.8) is 0 Å². The number of aromatic nitrogens is 1. The van der Waals surface area contributed by atoms with Crippen LogP contribution in [-0.2, 0) is 0 Å². The fraction of sp³-hybridized carbons (Fsp3) is 0.600. The van der Waals surface area contributed by atoms with Crippen molar-refractivity contribution in [2.75, 3.05) is 25.0 Å². The van der Waals surface area contributed by atoms with Crippen molar-refractivity contribution in [3.05, 3.63) is 23.0 Å². The minimum Gasteiger partial charge on any atom is -0.389 e. The van der Waals surface area contributed by atoms with Gasteiger partial charge in [-0.1, -0.05) is 19.1 Å². The van der Waals surface area contributed by atoms with E-state index in [1.165, 1.54) is 12.8 Å². The number of nitrogens with one attached hydrogen (secondary N) is 1. The zero-order valence-electron chi connectivity index (χ0n) is 12.6. The summed E-state index contributed by atoms with van der Waals surface area (Å²) < 4.78 is 0. The van der Waals surface area contributed by atoms with Crippen molar-refractivity contribution in [3.8, 4) is 0 Å². The van der Waals surface area contributed by atoms with Gasteiger partial charge >= 0.3 is 0 Å². The minimum atomic E-state index is 0.409. The summed E-state index contributed by atoms with van der Waals surface area (Å²) in [5, 5.41) is 3.47. The first kappa shape index (κ1) is 15.2. The van der Waals surface area contributed by atoms with Gasteiger partial charge in [0.15, 0.2) is 0 Å². The highest BCUT2D eigenvalue weighted by Gasteiger charge is 2.27. The molecule has 0 atom stereocenters. The Kier molecular flexibility index (Phi) is 4.94. The summed E-state index contributed by atoms with van der Waals surface area (Å²) in [6, 6.07) is 2.83. The van der Waals surface area contributed by atoms with Gasteiger partial charge in [-0.2, -0.15) is 0 Å². The largest absolute Gasteiger partial charge is 0.389 e. The SMILES string of the molecule is CCN(CCNc1cc(C)nc(C)c1C(N)=S)C1CC1. The average molecular weight is 292 g/mol. The summed E-state index contributed by atoms with van der Waals surface area (Å²) in [4.78, 5) is 7.37. The van der Waals surface area contributed by atoms with Crippen LogP contribution in [0, 0.1) is 13.8 Å². The number of pyridine rings is 1. The quantitative estimate of drug-likeness (QED) is 0.755.